The fourth-order valence-electron chi connectivity index (χ4n) is 5.31. The Morgan fingerprint density at radius 3 is 2.00 bits per heavy atom. The lowest BCUT2D eigenvalue weighted by molar-refractivity contribution is -0.126. The van der Waals surface area contributed by atoms with Crippen LogP contribution in [0.25, 0.3) is 10.8 Å². The van der Waals surface area contributed by atoms with Crippen molar-refractivity contribution in [3.05, 3.63) is 120 Å². The molecule has 0 bridgehead atoms. The molecule has 0 aliphatic carbocycles. The smallest absolute Gasteiger partial charge is 0.254 e. The van der Waals surface area contributed by atoms with Crippen LogP contribution in [0.15, 0.2) is 103 Å². The third-order valence-corrected chi connectivity index (χ3v) is 7.31. The molecule has 4 nitrogen and oxygen atoms in total. The Kier molecular flexibility index (Phi) is 7.41. The van der Waals surface area contributed by atoms with E-state index in [4.69, 9.17) is 0 Å². The standard InChI is InChI=1S/C32H32N2O2/c35-31(33-21-18-28(24-10-3-1-4-11-24)25-12-5-2-6-13-25)27-19-22-34(23-20-27)32(36)30-17-9-15-26-14-7-8-16-29(26)30/h1-17,27-28H,18-23H2,(H,33,35). The van der Waals surface area contributed by atoms with Crippen LogP contribution < -0.4 is 5.32 Å². The van der Waals surface area contributed by atoms with Crippen molar-refractivity contribution in [1.29, 1.82) is 0 Å². The van der Waals surface area contributed by atoms with Gasteiger partial charge in [0.25, 0.3) is 5.91 Å². The summed E-state index contributed by atoms with van der Waals surface area (Å²) in [7, 11) is 0. The maximum Gasteiger partial charge on any atom is 0.254 e. The van der Waals surface area contributed by atoms with Crippen LogP contribution in [-0.4, -0.2) is 36.3 Å². The lowest BCUT2D eigenvalue weighted by Gasteiger charge is -2.31. The molecule has 1 fully saturated rings. The Hall–Kier alpha value is -3.92. The number of piperidine rings is 1. The van der Waals surface area contributed by atoms with E-state index >= 15 is 0 Å². The second-order valence-corrected chi connectivity index (χ2v) is 9.55. The molecule has 4 aromatic rings. The molecule has 4 aromatic carbocycles. The molecule has 1 N–H and O–H groups in total. The molecule has 1 aliphatic heterocycles. The van der Waals surface area contributed by atoms with Crippen molar-refractivity contribution < 1.29 is 9.59 Å². The molecular weight excluding hydrogens is 444 g/mol. The Labute approximate surface area is 213 Å². The second-order valence-electron chi connectivity index (χ2n) is 9.55. The van der Waals surface area contributed by atoms with Crippen molar-refractivity contribution in [2.45, 2.75) is 25.2 Å². The molecule has 4 heteroatoms. The predicted octanol–water partition coefficient (Wildman–Crippen LogP) is 6.03. The molecule has 0 aromatic heterocycles. The van der Waals surface area contributed by atoms with Crippen LogP contribution >= 0.6 is 0 Å². The van der Waals surface area contributed by atoms with E-state index in [1.165, 1.54) is 11.1 Å². The van der Waals surface area contributed by atoms with E-state index in [0.717, 1.165) is 22.8 Å². The van der Waals surface area contributed by atoms with Crippen LogP contribution in [0.4, 0.5) is 0 Å². The van der Waals surface area contributed by atoms with Gasteiger partial charge in [0, 0.05) is 37.0 Å². The molecule has 5 rings (SSSR count). The third kappa shape index (κ3) is 5.33. The third-order valence-electron chi connectivity index (χ3n) is 7.31. The van der Waals surface area contributed by atoms with Crippen LogP contribution in [0.1, 0.15) is 46.7 Å². The number of nitrogens with one attached hydrogen (secondary N) is 1. The molecular formula is C32H32N2O2. The summed E-state index contributed by atoms with van der Waals surface area (Å²) < 4.78 is 0. The summed E-state index contributed by atoms with van der Waals surface area (Å²) in [4.78, 5) is 28.1. The van der Waals surface area contributed by atoms with E-state index in [-0.39, 0.29) is 23.7 Å². The largest absolute Gasteiger partial charge is 0.356 e. The average Bonchev–Trinajstić information content (AvgIpc) is 2.95. The van der Waals surface area contributed by atoms with Gasteiger partial charge in [-0.05, 0) is 47.2 Å². The molecule has 1 heterocycles. The molecule has 0 unspecified atom stereocenters. The van der Waals surface area contributed by atoms with Crippen molar-refractivity contribution in [3.8, 4) is 0 Å². The summed E-state index contributed by atoms with van der Waals surface area (Å²) in [5.74, 6) is 0.354. The minimum Gasteiger partial charge on any atom is -0.356 e. The normalized spacial score (nSPS) is 14.2. The first-order valence-electron chi connectivity index (χ1n) is 12.9. The van der Waals surface area contributed by atoms with Crippen LogP contribution in [0.2, 0.25) is 0 Å². The van der Waals surface area contributed by atoms with Crippen molar-refractivity contribution in [2.24, 2.45) is 5.92 Å². The van der Waals surface area contributed by atoms with Gasteiger partial charge in [0.1, 0.15) is 0 Å². The van der Waals surface area contributed by atoms with E-state index in [1.54, 1.807) is 0 Å². The number of carbonyl (C=O) groups excluding carboxylic acids is 2. The summed E-state index contributed by atoms with van der Waals surface area (Å²) in [5, 5.41) is 5.23. The van der Waals surface area contributed by atoms with Gasteiger partial charge in [-0.2, -0.15) is 0 Å². The van der Waals surface area contributed by atoms with Gasteiger partial charge in [-0.3, -0.25) is 9.59 Å². The van der Waals surface area contributed by atoms with Gasteiger partial charge >= 0.3 is 0 Å². The summed E-state index contributed by atoms with van der Waals surface area (Å²) in [6.45, 7) is 1.84. The molecule has 1 aliphatic rings. The lowest BCUT2D eigenvalue weighted by Crippen LogP contribution is -2.43. The Morgan fingerprint density at radius 1 is 0.750 bits per heavy atom. The van der Waals surface area contributed by atoms with Crippen molar-refractivity contribution >= 4 is 22.6 Å². The fourth-order valence-corrected chi connectivity index (χ4v) is 5.31. The van der Waals surface area contributed by atoms with Crippen LogP contribution in [0, 0.1) is 5.92 Å². The number of benzene rings is 4. The number of fused-ring (bicyclic) bond motifs is 1. The summed E-state index contributed by atoms with van der Waals surface area (Å²) in [5.41, 5.74) is 3.26. The first-order chi connectivity index (χ1) is 17.7. The van der Waals surface area contributed by atoms with E-state index < -0.39 is 0 Å². The van der Waals surface area contributed by atoms with E-state index in [0.29, 0.717) is 32.5 Å². The highest BCUT2D eigenvalue weighted by atomic mass is 16.2. The monoisotopic (exact) mass is 476 g/mol. The van der Waals surface area contributed by atoms with Gasteiger partial charge in [0.05, 0.1) is 0 Å². The molecule has 0 atom stereocenters. The van der Waals surface area contributed by atoms with Crippen molar-refractivity contribution in [2.75, 3.05) is 19.6 Å². The topological polar surface area (TPSA) is 49.4 Å². The minimum absolute atomic E-state index is 0.0477. The lowest BCUT2D eigenvalue weighted by atomic mass is 9.88. The highest BCUT2D eigenvalue weighted by Crippen LogP contribution is 2.28. The Morgan fingerprint density at radius 2 is 1.33 bits per heavy atom. The van der Waals surface area contributed by atoms with Gasteiger partial charge in [0.15, 0.2) is 0 Å². The number of likely N-dealkylation sites (tertiary alicyclic amines) is 1. The quantitative estimate of drug-likeness (QED) is 0.354. The maximum absolute atomic E-state index is 13.2. The zero-order chi connectivity index (χ0) is 24.7. The Bertz CT molecular complexity index is 1270. The van der Waals surface area contributed by atoms with Crippen LogP contribution in [0.5, 0.6) is 0 Å². The highest BCUT2D eigenvalue weighted by molar-refractivity contribution is 6.07. The van der Waals surface area contributed by atoms with Crippen LogP contribution in [-0.2, 0) is 4.79 Å². The first kappa shape index (κ1) is 23.8. The molecule has 1 saturated heterocycles. The van der Waals surface area contributed by atoms with Crippen molar-refractivity contribution in [3.63, 3.8) is 0 Å². The molecule has 0 radical (unpaired) electrons. The zero-order valence-electron chi connectivity index (χ0n) is 20.5. The molecule has 36 heavy (non-hydrogen) atoms. The predicted molar refractivity (Wildman–Crippen MR) is 145 cm³/mol. The number of nitrogens with zero attached hydrogens (tertiary/aromatic N) is 1. The highest BCUT2D eigenvalue weighted by Gasteiger charge is 2.28. The number of carbonyl (C=O) groups is 2. The number of hydrogen-bond donors (Lipinski definition) is 1. The van der Waals surface area contributed by atoms with Gasteiger partial charge in [-0.25, -0.2) is 0 Å². The number of amides is 2. The van der Waals surface area contributed by atoms with E-state index in [1.807, 2.05) is 59.5 Å². The Balaban J connectivity index is 1.16. The maximum atomic E-state index is 13.2. The minimum atomic E-state index is -0.0477. The van der Waals surface area contributed by atoms with E-state index in [9.17, 15) is 9.59 Å². The van der Waals surface area contributed by atoms with Gasteiger partial charge in [0.2, 0.25) is 5.91 Å². The summed E-state index contributed by atoms with van der Waals surface area (Å²) in [6, 6.07) is 34.8. The molecule has 182 valence electrons. The second kappa shape index (κ2) is 11.2. The van der Waals surface area contributed by atoms with Gasteiger partial charge in [-0.1, -0.05) is 97.1 Å². The van der Waals surface area contributed by atoms with Gasteiger partial charge < -0.3 is 10.2 Å². The number of hydrogen-bond acceptors (Lipinski definition) is 2. The molecule has 0 spiro atoms. The fraction of sp³-hybridized carbons (Fsp3) is 0.250. The zero-order valence-corrected chi connectivity index (χ0v) is 20.5. The van der Waals surface area contributed by atoms with Crippen molar-refractivity contribution in [1.82, 2.24) is 10.2 Å². The summed E-state index contributed by atoms with van der Waals surface area (Å²) in [6.07, 6.45) is 2.24. The average molecular weight is 477 g/mol. The number of rotatable bonds is 7. The molecule has 2 amide bonds. The van der Waals surface area contributed by atoms with E-state index in [2.05, 4.69) is 53.8 Å². The van der Waals surface area contributed by atoms with Gasteiger partial charge in [-0.15, -0.1) is 0 Å². The summed E-state index contributed by atoms with van der Waals surface area (Å²) >= 11 is 0. The first-order valence-corrected chi connectivity index (χ1v) is 12.9. The molecule has 0 saturated carbocycles. The van der Waals surface area contributed by atoms with Crippen LogP contribution in [0.3, 0.4) is 0 Å². The SMILES string of the molecule is O=C(NCCC(c1ccccc1)c1ccccc1)C1CCN(C(=O)c2cccc3ccccc23)CC1.